The molecule has 0 aliphatic rings. The first-order valence-corrected chi connectivity index (χ1v) is 9.56. The maximum Gasteiger partial charge on any atom is 0.287 e. The lowest BCUT2D eigenvalue weighted by molar-refractivity contribution is 0.0924. The number of aromatic nitrogens is 2. The molecule has 0 radical (unpaired) electrons. The maximum atomic E-state index is 12.4. The average molecular weight is 389 g/mol. The summed E-state index contributed by atoms with van der Waals surface area (Å²) < 4.78 is 13.2. The predicted octanol–water partition coefficient (Wildman–Crippen LogP) is 3.97. The van der Waals surface area contributed by atoms with E-state index in [1.807, 2.05) is 61.5 Å². The number of hydrogen-bond acceptors (Lipinski definition) is 4. The van der Waals surface area contributed by atoms with Gasteiger partial charge in [-0.2, -0.15) is 0 Å². The summed E-state index contributed by atoms with van der Waals surface area (Å²) in [6, 6.07) is 19.3. The van der Waals surface area contributed by atoms with Crippen molar-refractivity contribution in [1.82, 2.24) is 14.9 Å². The Balaban J connectivity index is 1.39. The van der Waals surface area contributed by atoms with Crippen LogP contribution in [-0.4, -0.2) is 29.1 Å². The highest BCUT2D eigenvalue weighted by atomic mass is 16.5. The third-order valence-corrected chi connectivity index (χ3v) is 4.92. The van der Waals surface area contributed by atoms with Gasteiger partial charge in [-0.05, 0) is 49.2 Å². The number of carbonyl (C=O) groups is 1. The van der Waals surface area contributed by atoms with Crippen molar-refractivity contribution in [2.45, 2.75) is 19.9 Å². The summed E-state index contributed by atoms with van der Waals surface area (Å²) in [7, 11) is 1.65. The van der Waals surface area contributed by atoms with Gasteiger partial charge in [-0.3, -0.25) is 4.79 Å². The van der Waals surface area contributed by atoms with E-state index in [9.17, 15) is 4.79 Å². The Bertz CT molecular complexity index is 1140. The highest BCUT2D eigenvalue weighted by Crippen LogP contribution is 2.19. The standard InChI is InChI=1S/C23H23N3O3/c1-16-25-19-8-4-5-9-20(19)26(16)15-18-11-12-22(29-18)23(27)24-14-13-17-7-3-6-10-21(17)28-2/h3-12H,13-15H2,1-2H3,(H,24,27). The molecule has 0 atom stereocenters. The van der Waals surface area contributed by atoms with Gasteiger partial charge in [0.2, 0.25) is 0 Å². The molecule has 0 saturated heterocycles. The van der Waals surface area contributed by atoms with Gasteiger partial charge in [0.1, 0.15) is 17.3 Å². The third-order valence-electron chi connectivity index (χ3n) is 4.92. The fourth-order valence-corrected chi connectivity index (χ4v) is 3.44. The lowest BCUT2D eigenvalue weighted by atomic mass is 10.1. The number of imidazole rings is 1. The number of aryl methyl sites for hydroxylation is 1. The van der Waals surface area contributed by atoms with Gasteiger partial charge in [-0.15, -0.1) is 0 Å². The third kappa shape index (κ3) is 4.01. The Morgan fingerprint density at radius 1 is 1.10 bits per heavy atom. The Labute approximate surface area is 169 Å². The molecule has 0 fully saturated rings. The zero-order valence-corrected chi connectivity index (χ0v) is 16.5. The lowest BCUT2D eigenvalue weighted by Gasteiger charge is -2.08. The molecule has 0 unspecified atom stereocenters. The van der Waals surface area contributed by atoms with Crippen LogP contribution >= 0.6 is 0 Å². The van der Waals surface area contributed by atoms with E-state index >= 15 is 0 Å². The highest BCUT2D eigenvalue weighted by molar-refractivity contribution is 5.91. The predicted molar refractivity (Wildman–Crippen MR) is 111 cm³/mol. The molecule has 2 aromatic heterocycles. The minimum atomic E-state index is -0.224. The van der Waals surface area contributed by atoms with Crippen molar-refractivity contribution in [2.75, 3.05) is 13.7 Å². The Morgan fingerprint density at radius 2 is 1.90 bits per heavy atom. The molecule has 0 bridgehead atoms. The summed E-state index contributed by atoms with van der Waals surface area (Å²) in [5.41, 5.74) is 3.05. The van der Waals surface area contributed by atoms with E-state index in [2.05, 4.69) is 14.9 Å². The van der Waals surface area contributed by atoms with Crippen molar-refractivity contribution >= 4 is 16.9 Å². The number of nitrogens with one attached hydrogen (secondary N) is 1. The number of nitrogens with zero attached hydrogens (tertiary/aromatic N) is 2. The number of hydrogen-bond donors (Lipinski definition) is 1. The van der Waals surface area contributed by atoms with Crippen LogP contribution in [-0.2, 0) is 13.0 Å². The van der Waals surface area contributed by atoms with Crippen LogP contribution in [0.4, 0.5) is 0 Å². The van der Waals surface area contributed by atoms with Crippen LogP contribution in [0, 0.1) is 6.92 Å². The van der Waals surface area contributed by atoms with E-state index in [0.717, 1.165) is 28.2 Å². The summed E-state index contributed by atoms with van der Waals surface area (Å²) >= 11 is 0. The minimum Gasteiger partial charge on any atom is -0.496 e. The molecule has 0 saturated carbocycles. The van der Waals surface area contributed by atoms with Gasteiger partial charge in [0.05, 0.1) is 24.7 Å². The number of para-hydroxylation sites is 3. The van der Waals surface area contributed by atoms with E-state index in [1.165, 1.54) is 0 Å². The summed E-state index contributed by atoms with van der Waals surface area (Å²) in [4.78, 5) is 17.0. The number of amides is 1. The van der Waals surface area contributed by atoms with Gasteiger partial charge in [-0.1, -0.05) is 30.3 Å². The number of furan rings is 1. The molecule has 6 nitrogen and oxygen atoms in total. The number of rotatable bonds is 7. The van der Waals surface area contributed by atoms with Gasteiger partial charge in [0.15, 0.2) is 5.76 Å². The molecular formula is C23H23N3O3. The van der Waals surface area contributed by atoms with Gasteiger partial charge in [0.25, 0.3) is 5.91 Å². The maximum absolute atomic E-state index is 12.4. The molecule has 1 amide bonds. The molecule has 0 spiro atoms. The smallest absolute Gasteiger partial charge is 0.287 e. The van der Waals surface area contributed by atoms with E-state index in [0.29, 0.717) is 31.0 Å². The van der Waals surface area contributed by atoms with Crippen LogP contribution in [0.1, 0.15) is 27.7 Å². The van der Waals surface area contributed by atoms with Crippen LogP contribution < -0.4 is 10.1 Å². The fraction of sp³-hybridized carbons (Fsp3) is 0.217. The van der Waals surface area contributed by atoms with Crippen LogP contribution in [0.25, 0.3) is 11.0 Å². The van der Waals surface area contributed by atoms with Crippen molar-refractivity contribution in [3.05, 3.63) is 83.6 Å². The van der Waals surface area contributed by atoms with Crippen molar-refractivity contribution in [2.24, 2.45) is 0 Å². The van der Waals surface area contributed by atoms with Gasteiger partial charge in [-0.25, -0.2) is 4.98 Å². The van der Waals surface area contributed by atoms with Crippen LogP contribution in [0.15, 0.2) is 65.1 Å². The topological polar surface area (TPSA) is 69.3 Å². The van der Waals surface area contributed by atoms with Gasteiger partial charge >= 0.3 is 0 Å². The van der Waals surface area contributed by atoms with Crippen LogP contribution in [0.5, 0.6) is 5.75 Å². The molecule has 2 aromatic carbocycles. The quantitative estimate of drug-likeness (QED) is 0.519. The molecule has 1 N–H and O–H groups in total. The molecule has 29 heavy (non-hydrogen) atoms. The normalized spacial score (nSPS) is 11.0. The SMILES string of the molecule is COc1ccccc1CCNC(=O)c1ccc(Cn2c(C)nc3ccccc32)o1. The van der Waals surface area contributed by atoms with Crippen LogP contribution in [0.2, 0.25) is 0 Å². The largest absolute Gasteiger partial charge is 0.496 e. The monoisotopic (exact) mass is 389 g/mol. The van der Waals surface area contributed by atoms with Crippen molar-refractivity contribution in [3.63, 3.8) is 0 Å². The molecule has 2 heterocycles. The van der Waals surface area contributed by atoms with Gasteiger partial charge < -0.3 is 19.0 Å². The summed E-state index contributed by atoms with van der Waals surface area (Å²) in [6.07, 6.45) is 0.684. The van der Waals surface area contributed by atoms with Crippen molar-refractivity contribution < 1.29 is 13.9 Å². The number of ether oxygens (including phenoxy) is 1. The Morgan fingerprint density at radius 3 is 2.76 bits per heavy atom. The fourth-order valence-electron chi connectivity index (χ4n) is 3.44. The Hall–Kier alpha value is -3.54. The van der Waals surface area contributed by atoms with Gasteiger partial charge in [0, 0.05) is 6.54 Å². The molecule has 148 valence electrons. The first-order chi connectivity index (χ1) is 14.2. The van der Waals surface area contributed by atoms with E-state index in [1.54, 1.807) is 13.2 Å². The molecule has 4 rings (SSSR count). The van der Waals surface area contributed by atoms with E-state index in [-0.39, 0.29) is 5.91 Å². The molecular weight excluding hydrogens is 366 g/mol. The minimum absolute atomic E-state index is 0.224. The second-order valence-corrected chi connectivity index (χ2v) is 6.82. The second-order valence-electron chi connectivity index (χ2n) is 6.82. The van der Waals surface area contributed by atoms with Crippen LogP contribution in [0.3, 0.4) is 0 Å². The number of methoxy groups -OCH3 is 1. The molecule has 6 heteroatoms. The van der Waals surface area contributed by atoms with E-state index < -0.39 is 0 Å². The summed E-state index contributed by atoms with van der Waals surface area (Å²) in [6.45, 7) is 3.00. The van der Waals surface area contributed by atoms with E-state index in [4.69, 9.17) is 9.15 Å². The second kappa shape index (κ2) is 8.22. The molecule has 0 aliphatic carbocycles. The zero-order chi connectivity index (χ0) is 20.2. The first-order valence-electron chi connectivity index (χ1n) is 9.56. The Kier molecular flexibility index (Phi) is 5.33. The summed E-state index contributed by atoms with van der Waals surface area (Å²) in [5.74, 6) is 2.53. The zero-order valence-electron chi connectivity index (χ0n) is 16.5. The first kappa shape index (κ1) is 18.8. The number of benzene rings is 2. The molecule has 4 aromatic rings. The lowest BCUT2D eigenvalue weighted by Crippen LogP contribution is -2.25. The highest BCUT2D eigenvalue weighted by Gasteiger charge is 2.14. The molecule has 0 aliphatic heterocycles. The summed E-state index contributed by atoms with van der Waals surface area (Å²) in [5, 5.41) is 2.90. The van der Waals surface area contributed by atoms with Crippen molar-refractivity contribution in [1.29, 1.82) is 0 Å². The number of carbonyl (C=O) groups excluding carboxylic acids is 1. The number of fused-ring (bicyclic) bond motifs is 1. The van der Waals surface area contributed by atoms with Crippen molar-refractivity contribution in [3.8, 4) is 5.75 Å². The average Bonchev–Trinajstić information content (AvgIpc) is 3.33.